The Kier molecular flexibility index (Phi) is 7.77. The van der Waals surface area contributed by atoms with Crippen LogP contribution in [0.1, 0.15) is 37.9 Å². The molecule has 1 saturated heterocycles. The van der Waals surface area contributed by atoms with Crippen LogP contribution in [0.15, 0.2) is 22.5 Å². The van der Waals surface area contributed by atoms with Crippen LogP contribution in [-0.4, -0.2) is 85.2 Å². The Morgan fingerprint density at radius 1 is 1.49 bits per heavy atom. The summed E-state index contributed by atoms with van der Waals surface area (Å²) in [5, 5.41) is 29.7. The summed E-state index contributed by atoms with van der Waals surface area (Å²) in [4.78, 5) is 31.1. The number of hydrogen-bond acceptors (Lipinski definition) is 13. The molecular weight excluding hydrogens is 530 g/mol. The molecule has 0 radical (unpaired) electrons. The van der Waals surface area contributed by atoms with Gasteiger partial charge in [-0.1, -0.05) is 16.9 Å². The number of amides is 1. The van der Waals surface area contributed by atoms with Gasteiger partial charge in [-0.05, 0) is 31.8 Å². The molecule has 204 valence electrons. The van der Waals surface area contributed by atoms with Gasteiger partial charge in [-0.3, -0.25) is 9.35 Å². The predicted octanol–water partition coefficient (Wildman–Crippen LogP) is -1.68. The summed E-state index contributed by atoms with van der Waals surface area (Å²) < 4.78 is 34.1. The topological polar surface area (TPSA) is 240 Å². The van der Waals surface area contributed by atoms with E-state index in [1.807, 2.05) is 6.92 Å². The van der Waals surface area contributed by atoms with Crippen molar-refractivity contribution < 1.29 is 32.5 Å². The third kappa shape index (κ3) is 5.73. The molecule has 18 heteroatoms. The zero-order chi connectivity index (χ0) is 27.0. The minimum Gasteiger partial charge on any atom is -0.478 e. The first-order chi connectivity index (χ1) is 17.5. The van der Waals surface area contributed by atoms with Crippen molar-refractivity contribution >= 4 is 39.7 Å². The van der Waals surface area contributed by atoms with E-state index in [0.717, 1.165) is 6.42 Å². The largest absolute Gasteiger partial charge is 0.478 e. The van der Waals surface area contributed by atoms with Gasteiger partial charge in [0.15, 0.2) is 0 Å². The number of allylic oxidation sites excluding steroid dienone is 1. The van der Waals surface area contributed by atoms with Crippen molar-refractivity contribution in [2.24, 2.45) is 22.5 Å². The maximum Gasteiger partial charge on any atom is 0.362 e. The molecule has 16 nitrogen and oxygen atoms in total. The molecule has 1 aromatic heterocycles. The van der Waals surface area contributed by atoms with Crippen LogP contribution in [0.4, 0.5) is 0 Å². The summed E-state index contributed by atoms with van der Waals surface area (Å²) in [6.45, 7) is 2.87. The number of nitrogens with zero attached hydrogens (tertiary/aromatic N) is 5. The van der Waals surface area contributed by atoms with Gasteiger partial charge in [0, 0.05) is 12.8 Å². The number of nitrogens with one attached hydrogen (secondary N) is 2. The van der Waals surface area contributed by atoms with Crippen molar-refractivity contribution in [1.29, 1.82) is 0 Å². The Morgan fingerprint density at radius 2 is 2.22 bits per heavy atom. The number of carboxylic acids is 1. The minimum atomic E-state index is -4.92. The monoisotopic (exact) mass is 559 g/mol. The van der Waals surface area contributed by atoms with E-state index in [-0.39, 0.29) is 36.8 Å². The third-order valence-electron chi connectivity index (χ3n) is 6.21. The lowest BCUT2D eigenvalue weighted by atomic mass is 9.84. The lowest BCUT2D eigenvalue weighted by Crippen LogP contribution is -2.67. The highest BCUT2D eigenvalue weighted by Gasteiger charge is 2.58. The molecule has 37 heavy (non-hydrogen) atoms. The van der Waals surface area contributed by atoms with Gasteiger partial charge in [-0.15, -0.1) is 0 Å². The Morgan fingerprint density at radius 3 is 2.78 bits per heavy atom. The maximum atomic E-state index is 13.0. The molecule has 1 saturated carbocycles. The van der Waals surface area contributed by atoms with Crippen molar-refractivity contribution in [3.05, 3.63) is 23.0 Å². The molecule has 3 heterocycles. The van der Waals surface area contributed by atoms with Crippen molar-refractivity contribution in [3.8, 4) is 0 Å². The number of oxime groups is 1. The number of thioether (sulfide) groups is 1. The SMILES string of the molecule is CC(NCCCN)c1cnn(CC2C(/C(=N\OC3(C(=O)O)CC3)C3=CSC(N)N3)C(=O)N2S(=O)(=O)O)n1. The fourth-order valence-electron chi connectivity index (χ4n) is 3.94. The minimum absolute atomic E-state index is 0.0351. The van der Waals surface area contributed by atoms with Gasteiger partial charge >= 0.3 is 16.3 Å². The third-order valence-corrected chi connectivity index (χ3v) is 7.94. The molecule has 4 atom stereocenters. The molecule has 0 spiro atoms. The Hall–Kier alpha value is -2.77. The number of carbonyl (C=O) groups is 2. The molecule has 0 bridgehead atoms. The van der Waals surface area contributed by atoms with Crippen molar-refractivity contribution in [2.75, 3.05) is 13.1 Å². The van der Waals surface area contributed by atoms with Crippen LogP contribution in [0, 0.1) is 5.92 Å². The number of rotatable bonds is 13. The summed E-state index contributed by atoms with van der Waals surface area (Å²) >= 11 is 1.18. The summed E-state index contributed by atoms with van der Waals surface area (Å²) in [6.07, 6.45) is 2.74. The first-order valence-electron chi connectivity index (χ1n) is 11.5. The second-order valence-corrected chi connectivity index (χ2v) is 11.2. The average molecular weight is 560 g/mol. The predicted molar refractivity (Wildman–Crippen MR) is 131 cm³/mol. The summed E-state index contributed by atoms with van der Waals surface area (Å²) in [5.74, 6) is -3.38. The highest BCUT2D eigenvalue weighted by Crippen LogP contribution is 2.41. The van der Waals surface area contributed by atoms with Crippen LogP contribution in [0.2, 0.25) is 0 Å². The first kappa shape index (κ1) is 27.3. The van der Waals surface area contributed by atoms with Gasteiger partial charge in [0.2, 0.25) is 11.5 Å². The molecular formula is C19H29N9O7S2. The van der Waals surface area contributed by atoms with Gasteiger partial charge < -0.3 is 32.0 Å². The lowest BCUT2D eigenvalue weighted by molar-refractivity contribution is -0.153. The molecule has 0 aromatic carbocycles. The highest BCUT2D eigenvalue weighted by molar-refractivity contribution is 8.02. The van der Waals surface area contributed by atoms with Crippen LogP contribution in [-0.2, 0) is 31.3 Å². The maximum absolute atomic E-state index is 13.0. The van der Waals surface area contributed by atoms with Crippen LogP contribution < -0.4 is 22.1 Å². The summed E-state index contributed by atoms with van der Waals surface area (Å²) in [5.41, 5.74) is 10.1. The van der Waals surface area contributed by atoms with Gasteiger partial charge in [-0.25, -0.2) is 9.10 Å². The number of aromatic nitrogens is 3. The van der Waals surface area contributed by atoms with E-state index in [1.165, 1.54) is 22.8 Å². The summed E-state index contributed by atoms with van der Waals surface area (Å²) in [7, 11) is -4.92. The van der Waals surface area contributed by atoms with E-state index in [9.17, 15) is 27.7 Å². The second-order valence-electron chi connectivity index (χ2n) is 8.90. The van der Waals surface area contributed by atoms with Gasteiger partial charge in [-0.2, -0.15) is 23.4 Å². The fraction of sp³-hybridized carbons (Fsp3) is 0.632. The number of hydrogen-bond donors (Lipinski definition) is 6. The quantitative estimate of drug-likeness (QED) is 0.0520. The van der Waals surface area contributed by atoms with Crippen LogP contribution in [0.5, 0.6) is 0 Å². The smallest absolute Gasteiger partial charge is 0.362 e. The Balaban J connectivity index is 1.60. The molecule has 1 amide bonds. The standard InChI is InChI=1S/C19H29N9O7S2/c1-10(22-6-2-5-20)11-7-23-27(25-11)8-13-14(16(29)28(13)37(32,33)34)15(12-9-36-18(21)24-12)26-35-19(3-4-19)17(30)31/h7,9-10,13-14,18,22,24H,2-6,8,20-21H2,1H3,(H,30,31)(H,32,33,34)/b26-15-. The normalized spacial score (nSPS) is 25.8. The summed E-state index contributed by atoms with van der Waals surface area (Å²) in [6, 6.07) is -1.34. The van der Waals surface area contributed by atoms with E-state index in [0.29, 0.717) is 23.1 Å². The van der Waals surface area contributed by atoms with Gasteiger partial charge in [0.25, 0.3) is 0 Å². The number of nitrogens with two attached hydrogens (primary N) is 2. The van der Waals surface area contributed by atoms with Crippen molar-refractivity contribution in [1.82, 2.24) is 29.9 Å². The average Bonchev–Trinajstić information content (AvgIpc) is 3.25. The van der Waals surface area contributed by atoms with Crippen molar-refractivity contribution in [2.45, 2.75) is 55.9 Å². The van der Waals surface area contributed by atoms with Crippen LogP contribution in [0.3, 0.4) is 0 Å². The number of β-lactam (4-membered cyclic amide) rings is 1. The molecule has 1 aliphatic carbocycles. The van der Waals surface area contributed by atoms with Crippen LogP contribution >= 0.6 is 11.8 Å². The first-order valence-corrected chi connectivity index (χ1v) is 13.8. The van der Waals surface area contributed by atoms with Crippen LogP contribution in [0.25, 0.3) is 0 Å². The lowest BCUT2D eigenvalue weighted by Gasteiger charge is -2.44. The Labute approximate surface area is 216 Å². The van der Waals surface area contributed by atoms with E-state index in [4.69, 9.17) is 16.3 Å². The van der Waals surface area contributed by atoms with Crippen molar-refractivity contribution in [3.63, 3.8) is 0 Å². The molecule has 4 unspecified atom stereocenters. The van der Waals surface area contributed by atoms with Gasteiger partial charge in [0.1, 0.15) is 17.1 Å². The van der Waals surface area contributed by atoms with E-state index < -0.39 is 45.2 Å². The number of carbonyl (C=O) groups excluding carboxylic acids is 1. The van der Waals surface area contributed by atoms with Gasteiger partial charge in [0.05, 0.1) is 36.2 Å². The molecule has 2 aliphatic heterocycles. The number of aliphatic carboxylic acids is 1. The second kappa shape index (κ2) is 10.5. The van der Waals surface area contributed by atoms with E-state index in [1.54, 1.807) is 5.41 Å². The zero-order valence-corrected chi connectivity index (χ0v) is 21.5. The zero-order valence-electron chi connectivity index (χ0n) is 19.8. The molecule has 3 aliphatic rings. The molecule has 4 rings (SSSR count). The Bertz CT molecular complexity index is 1210. The van der Waals surface area contributed by atoms with E-state index >= 15 is 0 Å². The molecule has 2 fully saturated rings. The fourth-order valence-corrected chi connectivity index (χ4v) is 5.47. The number of carboxylic acid groups (broad SMARTS) is 1. The highest BCUT2D eigenvalue weighted by atomic mass is 32.2. The molecule has 8 N–H and O–H groups in total. The van der Waals surface area contributed by atoms with E-state index in [2.05, 4.69) is 26.0 Å². The molecule has 1 aromatic rings.